The summed E-state index contributed by atoms with van der Waals surface area (Å²) in [6, 6.07) is 15.1. The normalized spacial score (nSPS) is 20.9. The van der Waals surface area contributed by atoms with Crippen molar-refractivity contribution in [3.63, 3.8) is 0 Å². The molecule has 1 aliphatic carbocycles. The summed E-state index contributed by atoms with van der Waals surface area (Å²) in [5.41, 5.74) is 2.86. The molecule has 0 aliphatic heterocycles. The molecule has 11 heteroatoms. The van der Waals surface area contributed by atoms with E-state index in [1.54, 1.807) is 7.05 Å². The van der Waals surface area contributed by atoms with Gasteiger partial charge in [-0.3, -0.25) is 9.59 Å². The smallest absolute Gasteiger partial charge is 0.416 e. The van der Waals surface area contributed by atoms with Crippen LogP contribution in [-0.4, -0.2) is 39.6 Å². The zero-order chi connectivity index (χ0) is 30.3. The summed E-state index contributed by atoms with van der Waals surface area (Å²) in [7, 11) is 3.67. The molecule has 1 amide bonds. The standard InChI is InChI=1S/C31H30F4N4O3/c1-16-37-26-12-19(8-11-27(26)39(16)3)17-4-6-18(7-5-17)22-14-21(36-2)15-23(28(22)30(41)42)29(40)38-25-10-9-20(13-24(25)32)31(33,34)35/h4-13,21-23,28,36H,14-15H2,1-3H3,(H,38,40)(H,41,42)/t21?,22-,23-,28?/m0/s1. The number of aromatic nitrogens is 2. The van der Waals surface area contributed by atoms with Crippen molar-refractivity contribution in [1.29, 1.82) is 0 Å². The van der Waals surface area contributed by atoms with Crippen molar-refractivity contribution in [2.45, 2.75) is 37.9 Å². The van der Waals surface area contributed by atoms with E-state index in [-0.39, 0.29) is 12.5 Å². The third-order valence-corrected chi connectivity index (χ3v) is 8.30. The molecule has 3 aromatic carbocycles. The van der Waals surface area contributed by atoms with Crippen molar-refractivity contribution in [3.05, 3.63) is 83.4 Å². The highest BCUT2D eigenvalue weighted by Gasteiger charge is 2.46. The number of halogens is 4. The Bertz CT molecular complexity index is 1650. The maximum absolute atomic E-state index is 14.5. The van der Waals surface area contributed by atoms with Gasteiger partial charge in [0.05, 0.1) is 34.1 Å². The molecule has 220 valence electrons. The lowest BCUT2D eigenvalue weighted by Gasteiger charge is -2.39. The van der Waals surface area contributed by atoms with Gasteiger partial charge in [0, 0.05) is 13.1 Å². The molecule has 1 aliphatic rings. The predicted octanol–water partition coefficient (Wildman–Crippen LogP) is 6.13. The fraction of sp³-hybridized carbons (Fsp3) is 0.323. The molecule has 0 saturated heterocycles. The van der Waals surface area contributed by atoms with Gasteiger partial charge in [-0.1, -0.05) is 30.3 Å². The Labute approximate surface area is 239 Å². The monoisotopic (exact) mass is 582 g/mol. The quantitative estimate of drug-likeness (QED) is 0.238. The summed E-state index contributed by atoms with van der Waals surface area (Å²) in [4.78, 5) is 30.5. The molecule has 1 saturated carbocycles. The Hall–Kier alpha value is -4.25. The van der Waals surface area contributed by atoms with Crippen molar-refractivity contribution in [1.82, 2.24) is 14.9 Å². The lowest BCUT2D eigenvalue weighted by atomic mass is 9.67. The number of carboxylic acids is 1. The number of aliphatic carboxylic acids is 1. The predicted molar refractivity (Wildman–Crippen MR) is 150 cm³/mol. The van der Waals surface area contributed by atoms with Crippen molar-refractivity contribution in [2.24, 2.45) is 18.9 Å². The van der Waals surface area contributed by atoms with Gasteiger partial charge in [0.1, 0.15) is 11.6 Å². The lowest BCUT2D eigenvalue weighted by molar-refractivity contribution is -0.149. The van der Waals surface area contributed by atoms with Crippen LogP contribution in [0.1, 0.15) is 35.7 Å². The van der Waals surface area contributed by atoms with Gasteiger partial charge in [-0.15, -0.1) is 0 Å². The van der Waals surface area contributed by atoms with E-state index in [2.05, 4.69) is 15.6 Å². The average molecular weight is 583 g/mol. The van der Waals surface area contributed by atoms with Crippen molar-refractivity contribution >= 4 is 28.6 Å². The minimum atomic E-state index is -4.74. The molecule has 3 N–H and O–H groups in total. The highest BCUT2D eigenvalue weighted by Crippen LogP contribution is 2.43. The number of fused-ring (bicyclic) bond motifs is 1. The molecule has 1 aromatic heterocycles. The highest BCUT2D eigenvalue weighted by atomic mass is 19.4. The number of benzene rings is 3. The summed E-state index contributed by atoms with van der Waals surface area (Å²) in [5, 5.41) is 15.7. The number of carbonyl (C=O) groups is 2. The lowest BCUT2D eigenvalue weighted by Crippen LogP contribution is -2.47. The number of rotatable bonds is 6. The van der Waals surface area contributed by atoms with E-state index in [9.17, 15) is 32.3 Å². The number of nitrogens with zero attached hydrogens (tertiary/aromatic N) is 2. The maximum Gasteiger partial charge on any atom is 0.416 e. The summed E-state index contributed by atoms with van der Waals surface area (Å²) < 4.78 is 55.3. The van der Waals surface area contributed by atoms with E-state index in [1.807, 2.05) is 61.0 Å². The number of nitrogens with one attached hydrogen (secondary N) is 2. The van der Waals surface area contributed by atoms with Crippen LogP contribution >= 0.6 is 0 Å². The van der Waals surface area contributed by atoms with Crippen LogP contribution in [0.4, 0.5) is 23.2 Å². The third-order valence-electron chi connectivity index (χ3n) is 8.30. The van der Waals surface area contributed by atoms with E-state index < -0.39 is 52.9 Å². The molecule has 1 heterocycles. The van der Waals surface area contributed by atoms with Crippen LogP contribution in [0.5, 0.6) is 0 Å². The van der Waals surface area contributed by atoms with Crippen molar-refractivity contribution in [3.8, 4) is 11.1 Å². The number of imidazole rings is 1. The Kier molecular flexibility index (Phi) is 7.80. The van der Waals surface area contributed by atoms with Crippen LogP contribution in [0.25, 0.3) is 22.2 Å². The molecule has 4 aromatic rings. The minimum Gasteiger partial charge on any atom is -0.481 e. The van der Waals surface area contributed by atoms with Gasteiger partial charge >= 0.3 is 12.1 Å². The first-order valence-electron chi connectivity index (χ1n) is 13.5. The molecule has 0 radical (unpaired) electrons. The van der Waals surface area contributed by atoms with Crippen LogP contribution in [-0.2, 0) is 22.8 Å². The molecule has 2 unspecified atom stereocenters. The van der Waals surface area contributed by atoms with Gasteiger partial charge in [-0.05, 0) is 79.8 Å². The number of carboxylic acid groups (broad SMARTS) is 1. The van der Waals surface area contributed by atoms with Crippen LogP contribution in [0.3, 0.4) is 0 Å². The number of hydrogen-bond acceptors (Lipinski definition) is 4. The number of amides is 1. The maximum atomic E-state index is 14.5. The SMILES string of the molecule is CNC1C[C@H](C(=O)Nc2ccc(C(F)(F)F)cc2F)C(C(=O)O)[C@H](c2ccc(-c3ccc4c(c3)nc(C)n4C)cc2)C1. The minimum absolute atomic E-state index is 0.166. The van der Waals surface area contributed by atoms with Crippen LogP contribution in [0.2, 0.25) is 0 Å². The molecule has 42 heavy (non-hydrogen) atoms. The largest absolute Gasteiger partial charge is 0.481 e. The zero-order valence-corrected chi connectivity index (χ0v) is 23.2. The van der Waals surface area contributed by atoms with E-state index in [0.29, 0.717) is 18.6 Å². The van der Waals surface area contributed by atoms with Gasteiger partial charge in [-0.25, -0.2) is 9.37 Å². The van der Waals surface area contributed by atoms with Gasteiger partial charge in [0.2, 0.25) is 5.91 Å². The Morgan fingerprint density at radius 2 is 1.69 bits per heavy atom. The Morgan fingerprint density at radius 1 is 1.00 bits per heavy atom. The first kappa shape index (κ1) is 29.2. The number of anilines is 1. The fourth-order valence-electron chi connectivity index (χ4n) is 5.92. The summed E-state index contributed by atoms with van der Waals surface area (Å²) in [5.74, 6) is -5.03. The molecule has 5 rings (SSSR count). The van der Waals surface area contributed by atoms with E-state index >= 15 is 0 Å². The van der Waals surface area contributed by atoms with Crippen LogP contribution in [0.15, 0.2) is 60.7 Å². The summed E-state index contributed by atoms with van der Waals surface area (Å²) in [6.45, 7) is 1.93. The van der Waals surface area contributed by atoms with Crippen LogP contribution < -0.4 is 10.6 Å². The molecule has 4 atom stereocenters. The number of hydrogen-bond donors (Lipinski definition) is 3. The molecular weight excluding hydrogens is 552 g/mol. The topological polar surface area (TPSA) is 96.2 Å². The Morgan fingerprint density at radius 3 is 2.31 bits per heavy atom. The third kappa shape index (κ3) is 5.61. The van der Waals surface area contributed by atoms with E-state index in [1.165, 1.54) is 0 Å². The molecule has 0 spiro atoms. The van der Waals surface area contributed by atoms with E-state index in [4.69, 9.17) is 0 Å². The average Bonchev–Trinajstić information content (AvgIpc) is 3.24. The highest BCUT2D eigenvalue weighted by molar-refractivity contribution is 5.95. The number of carbonyl (C=O) groups excluding carboxylic acids is 1. The van der Waals surface area contributed by atoms with Gasteiger partial charge in [0.15, 0.2) is 0 Å². The second-order valence-electron chi connectivity index (χ2n) is 10.8. The molecule has 0 bridgehead atoms. The number of alkyl halides is 3. The first-order chi connectivity index (χ1) is 19.9. The van der Waals surface area contributed by atoms with E-state index in [0.717, 1.165) is 39.6 Å². The summed E-state index contributed by atoms with van der Waals surface area (Å²) >= 11 is 0. The zero-order valence-electron chi connectivity index (χ0n) is 23.2. The number of aryl methyl sites for hydroxylation is 2. The van der Waals surface area contributed by atoms with Crippen molar-refractivity contribution < 1.29 is 32.3 Å². The molecule has 1 fully saturated rings. The van der Waals surface area contributed by atoms with Gasteiger partial charge < -0.3 is 20.3 Å². The molecular formula is C31H30F4N4O3. The Balaban J connectivity index is 1.41. The van der Waals surface area contributed by atoms with Gasteiger partial charge in [0.25, 0.3) is 0 Å². The van der Waals surface area contributed by atoms with Crippen molar-refractivity contribution in [2.75, 3.05) is 12.4 Å². The fourth-order valence-corrected chi connectivity index (χ4v) is 5.92. The second-order valence-corrected chi connectivity index (χ2v) is 10.8. The van der Waals surface area contributed by atoms with Crippen LogP contribution in [0, 0.1) is 24.6 Å². The second kappa shape index (κ2) is 11.2. The van der Waals surface area contributed by atoms with Gasteiger partial charge in [-0.2, -0.15) is 13.2 Å². The molecule has 7 nitrogen and oxygen atoms in total. The first-order valence-corrected chi connectivity index (χ1v) is 13.5. The summed E-state index contributed by atoms with van der Waals surface area (Å²) in [6.07, 6.45) is -4.13.